The number of anilines is 2. The lowest BCUT2D eigenvalue weighted by molar-refractivity contribution is -0.117. The van der Waals surface area contributed by atoms with Crippen molar-refractivity contribution in [2.75, 3.05) is 16.8 Å². The summed E-state index contributed by atoms with van der Waals surface area (Å²) in [5.41, 5.74) is 3.96. The largest absolute Gasteiger partial charge is 0.463 e. The average Bonchev–Trinajstić information content (AvgIpc) is 3.60. The van der Waals surface area contributed by atoms with E-state index in [9.17, 15) is 4.79 Å². The number of nitrogens with zero attached hydrogens (tertiary/aromatic N) is 5. The summed E-state index contributed by atoms with van der Waals surface area (Å²) in [5, 5.41) is 11.9. The van der Waals surface area contributed by atoms with Gasteiger partial charge < -0.3 is 19.0 Å². The second-order valence-corrected chi connectivity index (χ2v) is 8.59. The molecule has 1 aromatic carbocycles. The zero-order chi connectivity index (χ0) is 23.6. The number of fused-ring (bicyclic) bond motifs is 1. The van der Waals surface area contributed by atoms with Gasteiger partial charge in [0.25, 0.3) is 0 Å². The first kappa shape index (κ1) is 21.1. The van der Waals surface area contributed by atoms with Gasteiger partial charge in [-0.15, -0.1) is 10.2 Å². The number of carbonyl (C=O) groups is 1. The fraction of sp³-hybridized carbons (Fsp3) is 0.185. The van der Waals surface area contributed by atoms with Crippen LogP contribution in [0.4, 0.5) is 11.5 Å². The first-order chi connectivity index (χ1) is 17.3. The Balaban J connectivity index is 1.25. The van der Waals surface area contributed by atoms with Crippen LogP contribution in [0.15, 0.2) is 89.8 Å². The van der Waals surface area contributed by atoms with E-state index in [1.54, 1.807) is 6.26 Å². The van der Waals surface area contributed by atoms with Crippen LogP contribution in [0, 0.1) is 0 Å². The minimum Gasteiger partial charge on any atom is -0.463 e. The smallest absolute Gasteiger partial charge is 0.247 e. The van der Waals surface area contributed by atoms with Crippen molar-refractivity contribution in [2.24, 2.45) is 0 Å². The molecule has 0 aliphatic carbocycles. The Kier molecular flexibility index (Phi) is 5.46. The van der Waals surface area contributed by atoms with Gasteiger partial charge in [-0.1, -0.05) is 24.3 Å². The van der Waals surface area contributed by atoms with E-state index in [1.165, 1.54) is 0 Å². The molecule has 1 amide bonds. The summed E-state index contributed by atoms with van der Waals surface area (Å²) in [4.78, 5) is 20.3. The van der Waals surface area contributed by atoms with Crippen molar-refractivity contribution in [1.82, 2.24) is 19.6 Å². The van der Waals surface area contributed by atoms with Gasteiger partial charge in [-0.2, -0.15) is 0 Å². The van der Waals surface area contributed by atoms with Crippen molar-refractivity contribution in [3.8, 4) is 22.7 Å². The van der Waals surface area contributed by atoms with Gasteiger partial charge in [-0.05, 0) is 61.7 Å². The molecule has 8 heteroatoms. The molecule has 5 heterocycles. The molecule has 1 aliphatic heterocycles. The normalized spacial score (nSPS) is 15.9. The zero-order valence-corrected chi connectivity index (χ0v) is 19.0. The van der Waals surface area contributed by atoms with E-state index in [2.05, 4.69) is 15.5 Å². The SMILES string of the molecule is O=C(Nc1ccccc1-c1cn2ccccc2n1)C1CCCCN1c1ccc(-c2ccco2)nn1. The minimum absolute atomic E-state index is 0.0576. The second kappa shape index (κ2) is 9.06. The maximum Gasteiger partial charge on any atom is 0.247 e. The van der Waals surface area contributed by atoms with Crippen LogP contribution < -0.4 is 10.2 Å². The third-order valence-corrected chi connectivity index (χ3v) is 6.35. The average molecular weight is 465 g/mol. The monoisotopic (exact) mass is 464 g/mol. The number of amides is 1. The summed E-state index contributed by atoms with van der Waals surface area (Å²) in [5.74, 6) is 1.30. The summed E-state index contributed by atoms with van der Waals surface area (Å²) < 4.78 is 7.38. The lowest BCUT2D eigenvalue weighted by Gasteiger charge is -2.35. The van der Waals surface area contributed by atoms with Crippen molar-refractivity contribution in [1.29, 1.82) is 0 Å². The molecule has 174 valence electrons. The minimum atomic E-state index is -0.332. The van der Waals surface area contributed by atoms with E-state index >= 15 is 0 Å². The van der Waals surface area contributed by atoms with Crippen molar-refractivity contribution in [2.45, 2.75) is 25.3 Å². The molecule has 1 aliphatic rings. The third kappa shape index (κ3) is 4.14. The number of para-hydroxylation sites is 1. The first-order valence-electron chi connectivity index (χ1n) is 11.7. The van der Waals surface area contributed by atoms with Gasteiger partial charge >= 0.3 is 0 Å². The van der Waals surface area contributed by atoms with Gasteiger partial charge in [0.1, 0.15) is 17.4 Å². The molecule has 8 nitrogen and oxygen atoms in total. The molecule has 1 N–H and O–H groups in total. The molecular formula is C27H24N6O2. The summed E-state index contributed by atoms with van der Waals surface area (Å²) >= 11 is 0. The number of rotatable bonds is 5. The fourth-order valence-electron chi connectivity index (χ4n) is 4.61. The molecule has 5 aromatic rings. The van der Waals surface area contributed by atoms with E-state index in [4.69, 9.17) is 9.40 Å². The summed E-state index contributed by atoms with van der Waals surface area (Å²) in [6, 6.07) is 20.8. The number of imidazole rings is 1. The number of hydrogen-bond acceptors (Lipinski definition) is 6. The standard InChI is InChI=1S/C27H24N6O2/c34-27(29-20-9-2-1-8-19(20)22-18-32-15-5-4-12-25(32)28-22)23-10-3-6-16-33(23)26-14-13-21(30-31-26)24-11-7-17-35-24/h1-2,4-5,7-9,11-15,17-18,23H,3,6,10,16H2,(H,29,34). The van der Waals surface area contributed by atoms with Crippen LogP contribution in [-0.2, 0) is 4.79 Å². The van der Waals surface area contributed by atoms with Gasteiger partial charge in [0.15, 0.2) is 11.6 Å². The van der Waals surface area contributed by atoms with Crippen LogP contribution >= 0.6 is 0 Å². The molecule has 35 heavy (non-hydrogen) atoms. The Hall–Kier alpha value is -4.46. The number of benzene rings is 1. The highest BCUT2D eigenvalue weighted by Gasteiger charge is 2.30. The maximum absolute atomic E-state index is 13.5. The zero-order valence-electron chi connectivity index (χ0n) is 19.0. The van der Waals surface area contributed by atoms with Crippen molar-refractivity contribution >= 4 is 23.1 Å². The second-order valence-electron chi connectivity index (χ2n) is 8.59. The molecular weight excluding hydrogens is 440 g/mol. The molecule has 0 saturated carbocycles. The topological polar surface area (TPSA) is 88.6 Å². The van der Waals surface area contributed by atoms with E-state index in [0.29, 0.717) is 17.3 Å². The molecule has 0 radical (unpaired) electrons. The Morgan fingerprint density at radius 3 is 2.69 bits per heavy atom. The summed E-state index contributed by atoms with van der Waals surface area (Å²) in [6.45, 7) is 0.751. The predicted octanol–water partition coefficient (Wildman–Crippen LogP) is 5.05. The lowest BCUT2D eigenvalue weighted by atomic mass is 10.0. The van der Waals surface area contributed by atoms with E-state index in [-0.39, 0.29) is 11.9 Å². The number of furan rings is 1. The number of hydrogen-bond donors (Lipinski definition) is 1. The molecule has 1 fully saturated rings. The van der Waals surface area contributed by atoms with Crippen molar-refractivity contribution in [3.63, 3.8) is 0 Å². The molecule has 1 unspecified atom stereocenters. The lowest BCUT2D eigenvalue weighted by Crippen LogP contribution is -2.47. The van der Waals surface area contributed by atoms with Crippen LogP contribution in [0.2, 0.25) is 0 Å². The summed E-state index contributed by atoms with van der Waals surface area (Å²) in [7, 11) is 0. The Morgan fingerprint density at radius 2 is 1.86 bits per heavy atom. The number of pyridine rings is 1. The maximum atomic E-state index is 13.5. The molecule has 0 bridgehead atoms. The quantitative estimate of drug-likeness (QED) is 0.392. The van der Waals surface area contributed by atoms with Crippen molar-refractivity contribution in [3.05, 3.63) is 85.4 Å². The molecule has 0 spiro atoms. The van der Waals surface area contributed by atoms with Gasteiger partial charge in [-0.25, -0.2) is 4.98 Å². The number of carbonyl (C=O) groups excluding carboxylic acids is 1. The van der Waals surface area contributed by atoms with Crippen LogP contribution in [0.3, 0.4) is 0 Å². The number of piperidine rings is 1. The number of nitrogens with one attached hydrogen (secondary N) is 1. The fourth-order valence-corrected chi connectivity index (χ4v) is 4.61. The van der Waals surface area contributed by atoms with Crippen molar-refractivity contribution < 1.29 is 9.21 Å². The highest BCUT2D eigenvalue weighted by atomic mass is 16.3. The Bertz CT molecular complexity index is 1430. The predicted molar refractivity (Wildman–Crippen MR) is 134 cm³/mol. The molecule has 1 saturated heterocycles. The van der Waals surface area contributed by atoms with Gasteiger partial charge in [0, 0.05) is 24.5 Å². The molecule has 1 atom stereocenters. The van der Waals surface area contributed by atoms with E-state index < -0.39 is 0 Å². The third-order valence-electron chi connectivity index (χ3n) is 6.35. The molecule has 4 aromatic heterocycles. The van der Waals surface area contributed by atoms with Crippen LogP contribution in [0.25, 0.3) is 28.4 Å². The highest BCUT2D eigenvalue weighted by Crippen LogP contribution is 2.30. The van der Waals surface area contributed by atoms with Gasteiger partial charge in [0.05, 0.1) is 17.6 Å². The highest BCUT2D eigenvalue weighted by molar-refractivity contribution is 6.00. The number of aromatic nitrogens is 4. The molecule has 6 rings (SSSR count). The van der Waals surface area contributed by atoms with Crippen LogP contribution in [0.5, 0.6) is 0 Å². The van der Waals surface area contributed by atoms with Gasteiger partial charge in [0.2, 0.25) is 5.91 Å². The first-order valence-corrected chi connectivity index (χ1v) is 11.7. The Morgan fingerprint density at radius 1 is 0.943 bits per heavy atom. The van der Waals surface area contributed by atoms with E-state index in [1.807, 2.05) is 88.4 Å². The van der Waals surface area contributed by atoms with Gasteiger partial charge in [-0.3, -0.25) is 4.79 Å². The van der Waals surface area contributed by atoms with E-state index in [0.717, 1.165) is 48.4 Å². The Labute approximate surface area is 202 Å². The summed E-state index contributed by atoms with van der Waals surface area (Å²) in [6.07, 6.45) is 8.29. The van der Waals surface area contributed by atoms with Crippen LogP contribution in [-0.4, -0.2) is 38.1 Å². The van der Waals surface area contributed by atoms with Crippen LogP contribution in [0.1, 0.15) is 19.3 Å².